The van der Waals surface area contributed by atoms with Gasteiger partial charge in [0.1, 0.15) is 6.04 Å². The monoisotopic (exact) mass is 445 g/mol. The van der Waals surface area contributed by atoms with E-state index in [1.807, 2.05) is 12.2 Å². The van der Waals surface area contributed by atoms with E-state index in [2.05, 4.69) is 0 Å². The van der Waals surface area contributed by atoms with Crippen LogP contribution >= 0.6 is 0 Å². The minimum Gasteiger partial charge on any atom is -0.493 e. The molecule has 3 N–H and O–H groups in total. The van der Waals surface area contributed by atoms with Gasteiger partial charge < -0.3 is 34.5 Å². The molecule has 0 aliphatic heterocycles. The van der Waals surface area contributed by atoms with Gasteiger partial charge in [0.15, 0.2) is 23.0 Å². The first-order chi connectivity index (χ1) is 15.3. The van der Waals surface area contributed by atoms with Crippen LogP contribution in [0.3, 0.4) is 0 Å². The second kappa shape index (κ2) is 11.6. The average Bonchev–Trinajstić information content (AvgIpc) is 2.80. The summed E-state index contributed by atoms with van der Waals surface area (Å²) in [5.74, 6) is 0.270. The molecule has 9 nitrogen and oxygen atoms in total. The normalized spacial score (nSPS) is 11.7. The Balaban J connectivity index is 2.26. The maximum atomic E-state index is 12.2. The van der Waals surface area contributed by atoms with Gasteiger partial charge >= 0.3 is 11.9 Å². The molecular weight excluding hydrogens is 418 g/mol. The molecule has 0 spiro atoms. The van der Waals surface area contributed by atoms with Crippen molar-refractivity contribution in [3.05, 3.63) is 41.5 Å². The van der Waals surface area contributed by atoms with Crippen molar-refractivity contribution in [3.8, 4) is 28.7 Å². The van der Waals surface area contributed by atoms with Gasteiger partial charge in [-0.05, 0) is 41.8 Å². The first-order valence-corrected chi connectivity index (χ1v) is 9.68. The van der Waals surface area contributed by atoms with Crippen LogP contribution in [-0.2, 0) is 9.59 Å². The summed E-state index contributed by atoms with van der Waals surface area (Å²) in [6.45, 7) is 0. The van der Waals surface area contributed by atoms with Gasteiger partial charge in [-0.1, -0.05) is 18.2 Å². The minimum absolute atomic E-state index is 0.0305. The van der Waals surface area contributed by atoms with Crippen molar-refractivity contribution in [1.29, 1.82) is 0 Å². The maximum Gasteiger partial charge on any atom is 0.328 e. The molecule has 2 aromatic rings. The highest BCUT2D eigenvalue weighted by atomic mass is 16.6. The Bertz CT molecular complexity index is 961. The molecule has 0 fully saturated rings. The van der Waals surface area contributed by atoms with Gasteiger partial charge in [0.2, 0.25) is 5.75 Å². The third-order valence-corrected chi connectivity index (χ3v) is 4.53. The molecule has 2 aromatic carbocycles. The zero-order valence-electron chi connectivity index (χ0n) is 18.4. The highest BCUT2D eigenvalue weighted by Gasteiger charge is 2.19. The summed E-state index contributed by atoms with van der Waals surface area (Å²) in [5.41, 5.74) is 7.25. The summed E-state index contributed by atoms with van der Waals surface area (Å²) in [4.78, 5) is 22.9. The SMILES string of the molecule is COc1ccc(/C=C\c2cc(OC)c(OC)c(OC)c2)cc1OC(=O)C(N)CCC(=O)O. The van der Waals surface area contributed by atoms with E-state index in [1.165, 1.54) is 28.4 Å². The van der Waals surface area contributed by atoms with Crippen molar-refractivity contribution < 1.29 is 38.4 Å². The van der Waals surface area contributed by atoms with Gasteiger partial charge in [0, 0.05) is 6.42 Å². The minimum atomic E-state index is -1.06. The largest absolute Gasteiger partial charge is 0.493 e. The van der Waals surface area contributed by atoms with Crippen molar-refractivity contribution in [1.82, 2.24) is 0 Å². The van der Waals surface area contributed by atoms with E-state index < -0.39 is 18.0 Å². The lowest BCUT2D eigenvalue weighted by atomic mass is 10.1. The number of nitrogens with two attached hydrogens (primary N) is 1. The van der Waals surface area contributed by atoms with E-state index in [9.17, 15) is 9.59 Å². The molecule has 1 unspecified atom stereocenters. The topological polar surface area (TPSA) is 127 Å². The molecule has 9 heteroatoms. The van der Waals surface area contributed by atoms with Crippen LogP contribution in [0.4, 0.5) is 0 Å². The molecule has 0 aliphatic carbocycles. The predicted octanol–water partition coefficient (Wildman–Crippen LogP) is 2.99. The Morgan fingerprint density at radius 1 is 0.875 bits per heavy atom. The number of hydrogen-bond acceptors (Lipinski definition) is 8. The van der Waals surface area contributed by atoms with Crippen LogP contribution in [0.25, 0.3) is 12.2 Å². The van der Waals surface area contributed by atoms with Gasteiger partial charge in [-0.2, -0.15) is 0 Å². The van der Waals surface area contributed by atoms with Gasteiger partial charge in [0.25, 0.3) is 0 Å². The number of carboxylic acid groups (broad SMARTS) is 1. The summed E-state index contributed by atoms with van der Waals surface area (Å²) in [5, 5.41) is 8.74. The second-order valence-corrected chi connectivity index (χ2v) is 6.66. The van der Waals surface area contributed by atoms with Crippen LogP contribution in [0.5, 0.6) is 28.7 Å². The van der Waals surface area contributed by atoms with Gasteiger partial charge in [0.05, 0.1) is 28.4 Å². The fraction of sp³-hybridized carbons (Fsp3) is 0.304. The van der Waals surface area contributed by atoms with E-state index >= 15 is 0 Å². The number of esters is 1. The lowest BCUT2D eigenvalue weighted by molar-refractivity contribution is -0.138. The highest BCUT2D eigenvalue weighted by Crippen LogP contribution is 2.38. The van der Waals surface area contributed by atoms with Crippen LogP contribution in [0.15, 0.2) is 30.3 Å². The number of benzene rings is 2. The van der Waals surface area contributed by atoms with Crippen molar-refractivity contribution in [2.75, 3.05) is 28.4 Å². The third kappa shape index (κ3) is 6.39. The van der Waals surface area contributed by atoms with Crippen LogP contribution in [0, 0.1) is 0 Å². The average molecular weight is 445 g/mol. The van der Waals surface area contributed by atoms with Gasteiger partial charge in [-0.3, -0.25) is 4.79 Å². The molecule has 1 atom stereocenters. The maximum absolute atomic E-state index is 12.2. The van der Waals surface area contributed by atoms with Crippen LogP contribution in [0.1, 0.15) is 24.0 Å². The Hall–Kier alpha value is -3.72. The molecule has 0 saturated heterocycles. The molecule has 0 saturated carbocycles. The molecule has 0 amide bonds. The highest BCUT2D eigenvalue weighted by molar-refractivity contribution is 5.80. The number of carboxylic acids is 1. The number of ether oxygens (including phenoxy) is 5. The zero-order valence-corrected chi connectivity index (χ0v) is 18.4. The summed E-state index contributed by atoms with van der Waals surface area (Å²) in [6.07, 6.45) is 3.38. The van der Waals surface area contributed by atoms with E-state index in [1.54, 1.807) is 30.3 Å². The van der Waals surface area contributed by atoms with Crippen molar-refractivity contribution >= 4 is 24.1 Å². The Kier molecular flexibility index (Phi) is 8.91. The quantitative estimate of drug-likeness (QED) is 0.305. The van der Waals surface area contributed by atoms with Crippen molar-refractivity contribution in [2.45, 2.75) is 18.9 Å². The van der Waals surface area contributed by atoms with E-state index in [0.29, 0.717) is 23.0 Å². The van der Waals surface area contributed by atoms with E-state index in [0.717, 1.165) is 11.1 Å². The standard InChI is InChI=1S/C23H27NO8/c1-28-17-9-7-14(11-18(17)32-23(27)16(24)8-10-21(25)26)5-6-15-12-19(29-2)22(31-4)20(13-15)30-3/h5-7,9,11-13,16H,8,10,24H2,1-4H3,(H,25,26)/b6-5-. The Morgan fingerprint density at radius 2 is 1.44 bits per heavy atom. The summed E-state index contributed by atoms with van der Waals surface area (Å²) in [7, 11) is 6.05. The van der Waals surface area contributed by atoms with Crippen molar-refractivity contribution in [3.63, 3.8) is 0 Å². The Morgan fingerprint density at radius 3 is 1.97 bits per heavy atom. The number of carbonyl (C=O) groups excluding carboxylic acids is 1. The number of carbonyl (C=O) groups is 2. The summed E-state index contributed by atoms with van der Waals surface area (Å²) >= 11 is 0. The molecule has 172 valence electrons. The fourth-order valence-corrected chi connectivity index (χ4v) is 2.85. The lowest BCUT2D eigenvalue weighted by Crippen LogP contribution is -2.34. The fourth-order valence-electron chi connectivity index (χ4n) is 2.85. The second-order valence-electron chi connectivity index (χ2n) is 6.66. The number of methoxy groups -OCH3 is 4. The van der Waals surface area contributed by atoms with Gasteiger partial charge in [-0.25, -0.2) is 4.79 Å². The Labute approximate surface area is 186 Å². The molecule has 0 heterocycles. The molecule has 2 rings (SSSR count). The molecule has 0 radical (unpaired) electrons. The van der Waals surface area contributed by atoms with Crippen LogP contribution in [-0.4, -0.2) is 51.5 Å². The van der Waals surface area contributed by atoms with Crippen LogP contribution < -0.4 is 29.4 Å². The van der Waals surface area contributed by atoms with E-state index in [-0.39, 0.29) is 18.6 Å². The zero-order chi connectivity index (χ0) is 23.7. The molecule has 0 aromatic heterocycles. The van der Waals surface area contributed by atoms with E-state index in [4.69, 9.17) is 34.5 Å². The number of hydrogen-bond donors (Lipinski definition) is 2. The molecular formula is C23H27NO8. The van der Waals surface area contributed by atoms with Gasteiger partial charge in [-0.15, -0.1) is 0 Å². The van der Waals surface area contributed by atoms with Crippen LogP contribution in [0.2, 0.25) is 0 Å². The number of rotatable bonds is 11. The lowest BCUT2D eigenvalue weighted by Gasteiger charge is -2.13. The van der Waals surface area contributed by atoms with Crippen molar-refractivity contribution in [2.24, 2.45) is 5.73 Å². The first-order valence-electron chi connectivity index (χ1n) is 9.68. The molecule has 0 aliphatic rings. The third-order valence-electron chi connectivity index (χ3n) is 4.53. The first kappa shape index (κ1) is 24.5. The smallest absolute Gasteiger partial charge is 0.328 e. The summed E-state index contributed by atoms with van der Waals surface area (Å²) in [6, 6.07) is 7.59. The summed E-state index contributed by atoms with van der Waals surface area (Å²) < 4.78 is 26.6. The predicted molar refractivity (Wildman–Crippen MR) is 119 cm³/mol. The molecule has 32 heavy (non-hydrogen) atoms. The number of aliphatic carboxylic acids is 1. The molecule has 0 bridgehead atoms.